The van der Waals surface area contributed by atoms with Gasteiger partial charge in [-0.3, -0.25) is 4.79 Å². The summed E-state index contributed by atoms with van der Waals surface area (Å²) in [4.78, 5) is 36.9. The number of ketones is 1. The van der Waals surface area contributed by atoms with Crippen molar-refractivity contribution >= 4 is 22.7 Å². The van der Waals surface area contributed by atoms with Gasteiger partial charge in [0.15, 0.2) is 5.78 Å². The Labute approximate surface area is 178 Å². The van der Waals surface area contributed by atoms with Crippen molar-refractivity contribution in [1.29, 1.82) is 0 Å². The topological polar surface area (TPSA) is 73.6 Å². The Hall–Kier alpha value is -3.99. The highest BCUT2D eigenvalue weighted by Gasteiger charge is 2.14. The van der Waals surface area contributed by atoms with Crippen molar-refractivity contribution in [3.05, 3.63) is 117 Å². The molecule has 0 fully saturated rings. The molecule has 31 heavy (non-hydrogen) atoms. The van der Waals surface area contributed by atoms with Crippen molar-refractivity contribution in [2.45, 2.75) is 20.5 Å². The molecule has 0 atom stereocenters. The average molecular weight is 412 g/mol. The minimum Gasteiger partial charge on any atom is -0.457 e. The summed E-state index contributed by atoms with van der Waals surface area (Å²) in [7, 11) is 0. The van der Waals surface area contributed by atoms with Gasteiger partial charge >= 0.3 is 11.6 Å². The fourth-order valence-corrected chi connectivity index (χ4v) is 3.34. The van der Waals surface area contributed by atoms with Crippen LogP contribution >= 0.6 is 0 Å². The highest BCUT2D eigenvalue weighted by atomic mass is 16.5. The van der Waals surface area contributed by atoms with Crippen molar-refractivity contribution in [2.24, 2.45) is 0 Å². The van der Waals surface area contributed by atoms with Crippen LogP contribution in [-0.2, 0) is 11.3 Å². The molecule has 0 spiro atoms. The lowest BCUT2D eigenvalue weighted by molar-refractivity contribution is 0.0473. The highest BCUT2D eigenvalue weighted by Crippen LogP contribution is 2.22. The van der Waals surface area contributed by atoms with Gasteiger partial charge in [0.05, 0.1) is 5.56 Å². The van der Waals surface area contributed by atoms with Gasteiger partial charge < -0.3 is 9.15 Å². The van der Waals surface area contributed by atoms with E-state index in [4.69, 9.17) is 9.15 Å². The summed E-state index contributed by atoms with van der Waals surface area (Å²) in [5, 5.41) is 0.735. The Balaban J connectivity index is 1.51. The molecule has 0 saturated carbocycles. The summed E-state index contributed by atoms with van der Waals surface area (Å²) >= 11 is 0. The Morgan fingerprint density at radius 3 is 2.13 bits per heavy atom. The van der Waals surface area contributed by atoms with Crippen LogP contribution in [0.1, 0.15) is 43.0 Å². The van der Waals surface area contributed by atoms with E-state index in [0.717, 1.165) is 16.5 Å². The second-order valence-corrected chi connectivity index (χ2v) is 7.37. The first-order valence-corrected chi connectivity index (χ1v) is 9.83. The lowest BCUT2D eigenvalue weighted by atomic mass is 10.0. The third kappa shape index (κ3) is 4.31. The normalized spacial score (nSPS) is 10.8. The van der Waals surface area contributed by atoms with E-state index in [9.17, 15) is 14.4 Å². The van der Waals surface area contributed by atoms with Crippen molar-refractivity contribution in [3.63, 3.8) is 0 Å². The highest BCUT2D eigenvalue weighted by molar-refractivity contribution is 6.09. The molecule has 0 radical (unpaired) electrons. The molecule has 0 saturated heterocycles. The van der Waals surface area contributed by atoms with E-state index in [-0.39, 0.29) is 12.4 Å². The first kappa shape index (κ1) is 20.3. The standard InChI is InChI=1S/C26H20O5/c1-16-12-22-21(14-24(27)31-23(22)13-17(16)2)15-30-26(29)20-10-8-19(9-11-20)25(28)18-6-4-3-5-7-18/h3-14H,15H2,1-2H3. The largest absolute Gasteiger partial charge is 0.457 e. The summed E-state index contributed by atoms with van der Waals surface area (Å²) in [5.41, 5.74) is 4.00. The zero-order chi connectivity index (χ0) is 22.0. The third-order valence-corrected chi connectivity index (χ3v) is 5.22. The molecule has 1 aromatic heterocycles. The van der Waals surface area contributed by atoms with Crippen LogP contribution < -0.4 is 5.63 Å². The van der Waals surface area contributed by atoms with Crippen LogP contribution in [0.3, 0.4) is 0 Å². The molecule has 0 N–H and O–H groups in total. The molecule has 0 unspecified atom stereocenters. The van der Waals surface area contributed by atoms with Gasteiger partial charge in [-0.2, -0.15) is 0 Å². The van der Waals surface area contributed by atoms with Crippen molar-refractivity contribution in [2.75, 3.05) is 0 Å². The van der Waals surface area contributed by atoms with Crippen LogP contribution in [0, 0.1) is 13.8 Å². The van der Waals surface area contributed by atoms with Gasteiger partial charge in [-0.1, -0.05) is 42.5 Å². The second-order valence-electron chi connectivity index (χ2n) is 7.37. The summed E-state index contributed by atoms with van der Waals surface area (Å²) in [5.74, 6) is -0.655. The van der Waals surface area contributed by atoms with Crippen molar-refractivity contribution < 1.29 is 18.7 Å². The predicted octanol–water partition coefficient (Wildman–Crippen LogP) is 5.00. The minimum atomic E-state index is -0.538. The molecule has 4 rings (SSSR count). The molecule has 5 heteroatoms. The van der Waals surface area contributed by atoms with E-state index in [1.54, 1.807) is 54.6 Å². The van der Waals surface area contributed by atoms with E-state index in [1.807, 2.05) is 26.0 Å². The lowest BCUT2D eigenvalue weighted by Gasteiger charge is -2.09. The maximum Gasteiger partial charge on any atom is 0.338 e. The molecule has 1 heterocycles. The van der Waals surface area contributed by atoms with Gasteiger partial charge in [-0.05, 0) is 49.2 Å². The number of fused-ring (bicyclic) bond motifs is 1. The van der Waals surface area contributed by atoms with Crippen LogP contribution in [0.2, 0.25) is 0 Å². The van der Waals surface area contributed by atoms with Crippen molar-refractivity contribution in [1.82, 2.24) is 0 Å². The van der Waals surface area contributed by atoms with E-state index in [0.29, 0.717) is 27.8 Å². The number of aryl methyl sites for hydroxylation is 2. The molecule has 4 aromatic rings. The summed E-state index contributed by atoms with van der Waals surface area (Å²) in [6.07, 6.45) is 0. The van der Waals surface area contributed by atoms with Gasteiger partial charge in [-0.25, -0.2) is 9.59 Å². The number of hydrogen-bond donors (Lipinski definition) is 0. The molecule has 0 amide bonds. The second kappa shape index (κ2) is 8.40. The molecule has 154 valence electrons. The van der Waals surface area contributed by atoms with Gasteiger partial charge in [0.2, 0.25) is 0 Å². The fourth-order valence-electron chi connectivity index (χ4n) is 3.34. The fraction of sp³-hybridized carbons (Fsp3) is 0.115. The van der Waals surface area contributed by atoms with E-state index >= 15 is 0 Å². The SMILES string of the molecule is Cc1cc2oc(=O)cc(COC(=O)c3ccc(C(=O)c4ccccc4)cc3)c2cc1C. The van der Waals surface area contributed by atoms with Gasteiger partial charge in [-0.15, -0.1) is 0 Å². The number of rotatable bonds is 5. The zero-order valence-corrected chi connectivity index (χ0v) is 17.2. The van der Waals surface area contributed by atoms with E-state index < -0.39 is 11.6 Å². The quantitative estimate of drug-likeness (QED) is 0.262. The van der Waals surface area contributed by atoms with Gasteiger partial charge in [0.25, 0.3) is 0 Å². The predicted molar refractivity (Wildman–Crippen MR) is 117 cm³/mol. The smallest absolute Gasteiger partial charge is 0.338 e. The maximum absolute atomic E-state index is 12.5. The van der Waals surface area contributed by atoms with Crippen LogP contribution in [0.4, 0.5) is 0 Å². The maximum atomic E-state index is 12.5. The van der Waals surface area contributed by atoms with E-state index in [2.05, 4.69) is 0 Å². The molecule has 5 nitrogen and oxygen atoms in total. The lowest BCUT2D eigenvalue weighted by Crippen LogP contribution is -2.09. The average Bonchev–Trinajstić information content (AvgIpc) is 2.78. The first-order chi connectivity index (χ1) is 14.9. The first-order valence-electron chi connectivity index (χ1n) is 9.83. The number of esters is 1. The summed E-state index contributed by atoms with van der Waals surface area (Å²) in [6, 6.07) is 20.3. The van der Waals surface area contributed by atoms with Crippen LogP contribution in [-0.4, -0.2) is 11.8 Å². The Morgan fingerprint density at radius 2 is 1.42 bits per heavy atom. The Bertz CT molecular complexity index is 1330. The number of carbonyl (C=O) groups is 2. The van der Waals surface area contributed by atoms with Gasteiger partial charge in [0, 0.05) is 28.1 Å². The molecule has 0 aliphatic heterocycles. The van der Waals surface area contributed by atoms with E-state index in [1.165, 1.54) is 6.07 Å². The number of benzene rings is 3. The summed E-state index contributed by atoms with van der Waals surface area (Å²) < 4.78 is 10.7. The number of ether oxygens (including phenoxy) is 1. The minimum absolute atomic E-state index is 0.0614. The van der Waals surface area contributed by atoms with Crippen molar-refractivity contribution in [3.8, 4) is 0 Å². The molecule has 0 aliphatic rings. The Kier molecular flexibility index (Phi) is 5.50. The molecular formula is C26H20O5. The molecule has 3 aromatic carbocycles. The van der Waals surface area contributed by atoms with Crippen LogP contribution in [0.15, 0.2) is 82.0 Å². The van der Waals surface area contributed by atoms with Crippen LogP contribution in [0.25, 0.3) is 11.0 Å². The monoisotopic (exact) mass is 412 g/mol. The third-order valence-electron chi connectivity index (χ3n) is 5.22. The number of hydrogen-bond acceptors (Lipinski definition) is 5. The number of carbonyl (C=O) groups excluding carboxylic acids is 2. The molecule has 0 bridgehead atoms. The summed E-state index contributed by atoms with van der Waals surface area (Å²) in [6.45, 7) is 3.84. The molecule has 0 aliphatic carbocycles. The Morgan fingerprint density at radius 1 is 0.806 bits per heavy atom. The van der Waals surface area contributed by atoms with Gasteiger partial charge in [0.1, 0.15) is 12.2 Å². The van der Waals surface area contributed by atoms with Crippen LogP contribution in [0.5, 0.6) is 0 Å². The zero-order valence-electron chi connectivity index (χ0n) is 17.2. The molecular weight excluding hydrogens is 392 g/mol.